The van der Waals surface area contributed by atoms with E-state index in [1.165, 1.54) is 11.1 Å². The summed E-state index contributed by atoms with van der Waals surface area (Å²) in [6, 6.07) is 10.5. The normalized spacial score (nSPS) is 16.8. The van der Waals surface area contributed by atoms with E-state index in [0.717, 1.165) is 25.9 Å². The average molecular weight is 521 g/mol. The molecule has 0 saturated heterocycles. The van der Waals surface area contributed by atoms with Crippen molar-refractivity contribution in [3.05, 3.63) is 41.5 Å². The van der Waals surface area contributed by atoms with Crippen LogP contribution in [0.1, 0.15) is 86.6 Å². The monoisotopic (exact) mass is 520 g/mol. The molecule has 0 spiro atoms. The molecule has 0 saturated carbocycles. The first-order valence-electron chi connectivity index (χ1n) is 13.6. The molecular weight excluding hydrogens is 464 g/mol. The van der Waals surface area contributed by atoms with Crippen LogP contribution in [0.4, 0.5) is 0 Å². The van der Waals surface area contributed by atoms with Crippen LogP contribution in [-0.4, -0.2) is 40.6 Å². The van der Waals surface area contributed by atoms with Gasteiger partial charge in [0.1, 0.15) is 0 Å². The Hall–Kier alpha value is -0.726. The smallest absolute Gasteiger partial charge is 0.192 e. The van der Waals surface area contributed by atoms with Crippen LogP contribution in [0.2, 0.25) is 36.3 Å². The molecule has 3 atom stereocenters. The lowest BCUT2D eigenvalue weighted by molar-refractivity contribution is 0.125. The van der Waals surface area contributed by atoms with E-state index >= 15 is 0 Å². The Bertz CT molecular complexity index is 773. The second-order valence-corrected chi connectivity index (χ2v) is 23.3. The molecule has 0 amide bonds. The Kier molecular flexibility index (Phi) is 12.2. The van der Waals surface area contributed by atoms with E-state index in [1.807, 2.05) is 6.07 Å². The third-order valence-electron chi connectivity index (χ3n) is 8.02. The Labute approximate surface area is 220 Å². The first-order chi connectivity index (χ1) is 15.8. The molecule has 0 aliphatic carbocycles. The summed E-state index contributed by atoms with van der Waals surface area (Å²) in [6.45, 7) is 28.1. The van der Waals surface area contributed by atoms with Crippen LogP contribution in [0.5, 0.6) is 0 Å². The summed E-state index contributed by atoms with van der Waals surface area (Å²) >= 11 is 0. The van der Waals surface area contributed by atoms with E-state index in [9.17, 15) is 5.11 Å². The number of rotatable bonds is 13. The fourth-order valence-corrected chi connectivity index (χ4v) is 6.24. The molecule has 0 heterocycles. The molecule has 1 N–H and O–H groups in total. The molecule has 0 aromatic heterocycles. The van der Waals surface area contributed by atoms with E-state index < -0.39 is 16.6 Å². The summed E-state index contributed by atoms with van der Waals surface area (Å²) in [5.74, 6) is 0.409. The molecule has 202 valence electrons. The minimum atomic E-state index is -1.79. The van der Waals surface area contributed by atoms with Crippen molar-refractivity contribution in [2.24, 2.45) is 5.92 Å². The average Bonchev–Trinajstić information content (AvgIpc) is 2.69. The number of aliphatic hydroxyl groups excluding tert-OH is 1. The minimum absolute atomic E-state index is 0.170. The molecule has 3 nitrogen and oxygen atoms in total. The summed E-state index contributed by atoms with van der Waals surface area (Å²) < 4.78 is 13.0. The summed E-state index contributed by atoms with van der Waals surface area (Å²) in [7, 11) is -3.55. The van der Waals surface area contributed by atoms with Crippen molar-refractivity contribution in [3.8, 4) is 0 Å². The highest BCUT2D eigenvalue weighted by molar-refractivity contribution is 6.74. The molecule has 1 aromatic rings. The predicted octanol–water partition coefficient (Wildman–Crippen LogP) is 9.06. The van der Waals surface area contributed by atoms with Crippen LogP contribution in [0.3, 0.4) is 0 Å². The zero-order valence-electron chi connectivity index (χ0n) is 25.0. The van der Waals surface area contributed by atoms with Gasteiger partial charge in [0, 0.05) is 12.7 Å². The Balaban J connectivity index is 2.79. The van der Waals surface area contributed by atoms with E-state index in [1.54, 1.807) is 0 Å². The van der Waals surface area contributed by atoms with Crippen LogP contribution < -0.4 is 0 Å². The van der Waals surface area contributed by atoms with E-state index in [4.69, 9.17) is 8.85 Å². The number of aliphatic hydroxyl groups is 1. The number of hydrogen-bond donors (Lipinski definition) is 1. The molecule has 1 aromatic carbocycles. The predicted molar refractivity (Wildman–Crippen MR) is 159 cm³/mol. The van der Waals surface area contributed by atoms with Crippen LogP contribution in [-0.2, 0) is 8.85 Å². The minimum Gasteiger partial charge on any atom is -0.417 e. The number of benzene rings is 1. The molecule has 0 fully saturated rings. The molecule has 0 aliphatic heterocycles. The lowest BCUT2D eigenvalue weighted by Gasteiger charge is -2.38. The van der Waals surface area contributed by atoms with E-state index in [0.29, 0.717) is 12.3 Å². The molecule has 0 unspecified atom stereocenters. The third kappa shape index (κ3) is 11.5. The Morgan fingerprint density at radius 2 is 1.40 bits per heavy atom. The van der Waals surface area contributed by atoms with Crippen LogP contribution in [0.15, 0.2) is 35.9 Å². The lowest BCUT2D eigenvalue weighted by atomic mass is 9.93. The van der Waals surface area contributed by atoms with Crippen molar-refractivity contribution in [1.29, 1.82) is 0 Å². The first kappa shape index (κ1) is 32.3. The fourth-order valence-electron chi connectivity index (χ4n) is 3.63. The summed E-state index contributed by atoms with van der Waals surface area (Å²) in [6.07, 6.45) is 5.37. The fraction of sp³-hybridized carbons (Fsp3) is 0.733. The van der Waals surface area contributed by atoms with Crippen LogP contribution in [0.25, 0.3) is 6.08 Å². The van der Waals surface area contributed by atoms with E-state index in [2.05, 4.69) is 112 Å². The molecule has 0 aliphatic rings. The highest BCUT2D eigenvalue weighted by Gasteiger charge is 2.38. The van der Waals surface area contributed by atoms with Crippen molar-refractivity contribution in [2.45, 2.75) is 130 Å². The van der Waals surface area contributed by atoms with Gasteiger partial charge in [-0.25, -0.2) is 0 Å². The molecule has 0 radical (unpaired) electrons. The summed E-state index contributed by atoms with van der Waals surface area (Å²) in [4.78, 5) is 0. The van der Waals surface area contributed by atoms with Crippen LogP contribution in [0, 0.1) is 5.92 Å². The molecular formula is C30H56O3Si2. The van der Waals surface area contributed by atoms with Gasteiger partial charge in [-0.2, -0.15) is 0 Å². The lowest BCUT2D eigenvalue weighted by Crippen LogP contribution is -2.43. The first-order valence-corrected chi connectivity index (χ1v) is 19.4. The largest absolute Gasteiger partial charge is 0.417 e. The second-order valence-electron chi connectivity index (χ2n) is 13.7. The second kappa shape index (κ2) is 13.2. The SMILES string of the molecule is C[C@@H](CO[Si](C)(C)C(C)(C)C)C/C(=C\c1ccccc1)C[C@@H](O)CC[C@H](C)O[Si](C)(C)C(C)(C)C. The maximum atomic E-state index is 11.0. The van der Waals surface area contributed by atoms with Gasteiger partial charge in [0.05, 0.1) is 6.10 Å². The van der Waals surface area contributed by atoms with Gasteiger partial charge >= 0.3 is 0 Å². The van der Waals surface area contributed by atoms with Gasteiger partial charge in [0.25, 0.3) is 0 Å². The van der Waals surface area contributed by atoms with Crippen molar-refractivity contribution in [2.75, 3.05) is 6.61 Å². The maximum absolute atomic E-state index is 11.0. The zero-order chi connectivity index (χ0) is 27.1. The van der Waals surface area contributed by atoms with Gasteiger partial charge in [-0.3, -0.25) is 0 Å². The molecule has 35 heavy (non-hydrogen) atoms. The van der Waals surface area contributed by atoms with Gasteiger partial charge in [-0.1, -0.05) is 90.4 Å². The zero-order valence-corrected chi connectivity index (χ0v) is 27.0. The highest BCUT2D eigenvalue weighted by atomic mass is 28.4. The molecule has 1 rings (SSSR count). The topological polar surface area (TPSA) is 38.7 Å². The quantitative estimate of drug-likeness (QED) is 0.264. The highest BCUT2D eigenvalue weighted by Crippen LogP contribution is 2.38. The number of hydrogen-bond acceptors (Lipinski definition) is 3. The molecule has 0 bridgehead atoms. The van der Waals surface area contributed by atoms with Crippen molar-refractivity contribution in [1.82, 2.24) is 0 Å². The van der Waals surface area contributed by atoms with Crippen LogP contribution >= 0.6 is 0 Å². The van der Waals surface area contributed by atoms with Gasteiger partial charge in [0.2, 0.25) is 0 Å². The molecule has 5 heteroatoms. The van der Waals surface area contributed by atoms with Gasteiger partial charge in [-0.15, -0.1) is 0 Å². The van der Waals surface area contributed by atoms with Crippen molar-refractivity contribution in [3.63, 3.8) is 0 Å². The van der Waals surface area contributed by atoms with Crippen molar-refractivity contribution >= 4 is 22.7 Å². The maximum Gasteiger partial charge on any atom is 0.192 e. The van der Waals surface area contributed by atoms with Gasteiger partial charge in [0.15, 0.2) is 16.6 Å². The summed E-state index contributed by atoms with van der Waals surface area (Å²) in [5.41, 5.74) is 2.50. The van der Waals surface area contributed by atoms with Gasteiger partial charge < -0.3 is 14.0 Å². The standard InChI is InChI=1S/C30H56O3Si2/c1-24(23-32-34(9,10)29(3,4)5)20-27(21-26-16-14-13-15-17-26)22-28(31)19-18-25(2)33-35(11,12)30(6,7)8/h13-17,21,24-25,28,31H,18-20,22-23H2,1-12H3/b27-21+/t24-,25+,28+/m1/s1. The van der Waals surface area contributed by atoms with Gasteiger partial charge in [-0.05, 0) is 80.4 Å². The Morgan fingerprint density at radius 3 is 1.91 bits per heavy atom. The van der Waals surface area contributed by atoms with Crippen molar-refractivity contribution < 1.29 is 14.0 Å². The van der Waals surface area contributed by atoms with E-state index in [-0.39, 0.29) is 22.3 Å². The summed E-state index contributed by atoms with van der Waals surface area (Å²) in [5, 5.41) is 11.4. The third-order valence-corrected chi connectivity index (χ3v) is 17.1. The Morgan fingerprint density at radius 1 is 0.857 bits per heavy atom.